The van der Waals surface area contributed by atoms with E-state index in [2.05, 4.69) is 19.2 Å². The van der Waals surface area contributed by atoms with E-state index in [1.165, 1.54) is 0 Å². The van der Waals surface area contributed by atoms with Gasteiger partial charge in [0.05, 0.1) is 0 Å². The van der Waals surface area contributed by atoms with Gasteiger partial charge in [0.25, 0.3) is 0 Å². The fourth-order valence-electron chi connectivity index (χ4n) is 2.06. The van der Waals surface area contributed by atoms with Crippen molar-refractivity contribution in [2.45, 2.75) is 39.2 Å². The van der Waals surface area contributed by atoms with Crippen LogP contribution < -0.4 is 5.32 Å². The van der Waals surface area contributed by atoms with Crippen molar-refractivity contribution >= 4 is 11.9 Å². The number of hydrogen-bond acceptors (Lipinski definition) is 3. The first kappa shape index (κ1) is 13.0. The maximum absolute atomic E-state index is 11.4. The second-order valence-corrected chi connectivity index (χ2v) is 5.06. The SMILES string of the molecule is CC1(C)CCC(NC(=O)COCC(=O)O)C1. The minimum absolute atomic E-state index is 0.177. The van der Waals surface area contributed by atoms with E-state index in [1.54, 1.807) is 0 Å². The molecule has 0 aromatic rings. The van der Waals surface area contributed by atoms with Crippen LogP contribution in [0.15, 0.2) is 0 Å². The quantitative estimate of drug-likeness (QED) is 0.730. The number of nitrogens with one attached hydrogen (secondary N) is 1. The number of rotatable bonds is 5. The molecule has 0 spiro atoms. The van der Waals surface area contributed by atoms with E-state index in [1.807, 2.05) is 0 Å². The lowest BCUT2D eigenvalue weighted by atomic mass is 9.92. The topological polar surface area (TPSA) is 75.6 Å². The molecule has 1 atom stereocenters. The predicted octanol–water partition coefficient (Wildman–Crippen LogP) is 0.782. The summed E-state index contributed by atoms with van der Waals surface area (Å²) in [4.78, 5) is 21.5. The molecule has 1 aliphatic rings. The van der Waals surface area contributed by atoms with Crippen molar-refractivity contribution in [3.05, 3.63) is 0 Å². The number of hydrogen-bond donors (Lipinski definition) is 2. The predicted molar refractivity (Wildman–Crippen MR) is 58.0 cm³/mol. The van der Waals surface area contributed by atoms with Crippen molar-refractivity contribution in [1.29, 1.82) is 0 Å². The monoisotopic (exact) mass is 229 g/mol. The number of ether oxygens (including phenoxy) is 1. The van der Waals surface area contributed by atoms with Crippen molar-refractivity contribution in [2.75, 3.05) is 13.2 Å². The molecular formula is C11H19NO4. The van der Waals surface area contributed by atoms with Crippen LogP contribution in [0.4, 0.5) is 0 Å². The minimum Gasteiger partial charge on any atom is -0.480 e. The van der Waals surface area contributed by atoms with Gasteiger partial charge in [0.2, 0.25) is 5.91 Å². The first-order valence-electron chi connectivity index (χ1n) is 5.48. The molecule has 92 valence electrons. The van der Waals surface area contributed by atoms with Gasteiger partial charge in [-0.2, -0.15) is 0 Å². The number of carbonyl (C=O) groups excluding carboxylic acids is 1. The van der Waals surface area contributed by atoms with Crippen LogP contribution in [0.5, 0.6) is 0 Å². The summed E-state index contributed by atoms with van der Waals surface area (Å²) in [6.07, 6.45) is 3.06. The zero-order valence-corrected chi connectivity index (χ0v) is 9.78. The molecule has 1 amide bonds. The Kier molecular flexibility index (Phi) is 4.29. The van der Waals surface area contributed by atoms with Gasteiger partial charge in [-0.1, -0.05) is 13.8 Å². The molecule has 2 N–H and O–H groups in total. The maximum atomic E-state index is 11.4. The van der Waals surface area contributed by atoms with Crippen molar-refractivity contribution in [3.63, 3.8) is 0 Å². The molecule has 1 rings (SSSR count). The number of aliphatic carboxylic acids is 1. The van der Waals surface area contributed by atoms with Gasteiger partial charge < -0.3 is 15.2 Å². The summed E-state index contributed by atoms with van der Waals surface area (Å²) in [5, 5.41) is 11.2. The van der Waals surface area contributed by atoms with Crippen molar-refractivity contribution < 1.29 is 19.4 Å². The van der Waals surface area contributed by atoms with Crippen LogP contribution in [0, 0.1) is 5.41 Å². The Bertz CT molecular complexity index is 275. The fraction of sp³-hybridized carbons (Fsp3) is 0.818. The lowest BCUT2D eigenvalue weighted by Crippen LogP contribution is -2.36. The molecule has 1 aliphatic carbocycles. The van der Waals surface area contributed by atoms with Crippen LogP contribution in [0.25, 0.3) is 0 Å². The van der Waals surface area contributed by atoms with Gasteiger partial charge in [0, 0.05) is 6.04 Å². The smallest absolute Gasteiger partial charge is 0.329 e. The van der Waals surface area contributed by atoms with E-state index >= 15 is 0 Å². The molecule has 1 fully saturated rings. The Labute approximate surface area is 95.2 Å². The average molecular weight is 229 g/mol. The van der Waals surface area contributed by atoms with Crippen LogP contribution in [0.2, 0.25) is 0 Å². The third kappa shape index (κ3) is 4.61. The average Bonchev–Trinajstić information content (AvgIpc) is 2.44. The standard InChI is InChI=1S/C11H19NO4/c1-11(2)4-3-8(5-11)12-9(13)6-16-7-10(14)15/h8H,3-7H2,1-2H3,(H,12,13)(H,14,15). The zero-order chi connectivity index (χ0) is 12.2. The van der Waals surface area contributed by atoms with Gasteiger partial charge in [-0.25, -0.2) is 4.79 Å². The summed E-state index contributed by atoms with van der Waals surface area (Å²) < 4.78 is 4.71. The van der Waals surface area contributed by atoms with E-state index in [4.69, 9.17) is 9.84 Å². The molecule has 1 unspecified atom stereocenters. The molecule has 0 aromatic carbocycles. The molecule has 0 heterocycles. The first-order chi connectivity index (χ1) is 7.39. The van der Waals surface area contributed by atoms with Crippen LogP contribution in [-0.2, 0) is 14.3 Å². The fourth-order valence-corrected chi connectivity index (χ4v) is 2.06. The highest BCUT2D eigenvalue weighted by Crippen LogP contribution is 2.36. The zero-order valence-electron chi connectivity index (χ0n) is 9.78. The number of carboxylic acids is 1. The molecular weight excluding hydrogens is 210 g/mol. The summed E-state index contributed by atoms with van der Waals surface area (Å²) in [5.41, 5.74) is 0.292. The van der Waals surface area contributed by atoms with Gasteiger partial charge in [-0.15, -0.1) is 0 Å². The summed E-state index contributed by atoms with van der Waals surface area (Å²) in [7, 11) is 0. The molecule has 0 bridgehead atoms. The van der Waals surface area contributed by atoms with Gasteiger partial charge in [0.15, 0.2) is 0 Å². The third-order valence-electron chi connectivity index (χ3n) is 2.79. The van der Waals surface area contributed by atoms with E-state index in [-0.39, 0.29) is 18.6 Å². The highest BCUT2D eigenvalue weighted by molar-refractivity contribution is 5.78. The van der Waals surface area contributed by atoms with Gasteiger partial charge in [-0.05, 0) is 24.7 Å². The Morgan fingerprint density at radius 3 is 2.62 bits per heavy atom. The van der Waals surface area contributed by atoms with Crippen LogP contribution in [0.3, 0.4) is 0 Å². The largest absolute Gasteiger partial charge is 0.480 e. The first-order valence-corrected chi connectivity index (χ1v) is 5.48. The van der Waals surface area contributed by atoms with Crippen molar-refractivity contribution in [1.82, 2.24) is 5.32 Å². The Morgan fingerprint density at radius 1 is 1.44 bits per heavy atom. The molecule has 1 saturated carbocycles. The van der Waals surface area contributed by atoms with E-state index in [0.29, 0.717) is 5.41 Å². The summed E-state index contributed by atoms with van der Waals surface area (Å²) in [5.74, 6) is -1.29. The van der Waals surface area contributed by atoms with Crippen molar-refractivity contribution in [2.24, 2.45) is 5.41 Å². The molecule has 0 radical (unpaired) electrons. The van der Waals surface area contributed by atoms with Crippen LogP contribution in [0.1, 0.15) is 33.1 Å². The van der Waals surface area contributed by atoms with Crippen LogP contribution in [-0.4, -0.2) is 36.2 Å². The van der Waals surface area contributed by atoms with Gasteiger partial charge >= 0.3 is 5.97 Å². The minimum atomic E-state index is -1.06. The molecule has 0 aromatic heterocycles. The Morgan fingerprint density at radius 2 is 2.12 bits per heavy atom. The van der Waals surface area contributed by atoms with E-state index in [0.717, 1.165) is 19.3 Å². The van der Waals surface area contributed by atoms with E-state index < -0.39 is 12.6 Å². The van der Waals surface area contributed by atoms with Crippen LogP contribution >= 0.6 is 0 Å². The molecule has 5 nitrogen and oxygen atoms in total. The highest BCUT2D eigenvalue weighted by atomic mass is 16.5. The molecule has 5 heteroatoms. The molecule has 0 saturated heterocycles. The van der Waals surface area contributed by atoms with Gasteiger partial charge in [0.1, 0.15) is 13.2 Å². The lowest BCUT2D eigenvalue weighted by Gasteiger charge is -2.17. The molecule has 0 aliphatic heterocycles. The highest BCUT2D eigenvalue weighted by Gasteiger charge is 2.31. The maximum Gasteiger partial charge on any atom is 0.329 e. The number of amides is 1. The number of carbonyl (C=O) groups is 2. The Hall–Kier alpha value is -1.10. The molecule has 16 heavy (non-hydrogen) atoms. The number of carboxylic acid groups (broad SMARTS) is 1. The summed E-state index contributed by atoms with van der Waals surface area (Å²) in [6, 6.07) is 0.205. The summed E-state index contributed by atoms with van der Waals surface area (Å²) in [6.45, 7) is 3.76. The second kappa shape index (κ2) is 5.30. The normalized spacial score (nSPS) is 23.0. The Balaban J connectivity index is 2.18. The lowest BCUT2D eigenvalue weighted by molar-refractivity contribution is -0.143. The van der Waals surface area contributed by atoms with Gasteiger partial charge in [-0.3, -0.25) is 4.79 Å². The van der Waals surface area contributed by atoms with Crippen molar-refractivity contribution in [3.8, 4) is 0 Å². The second-order valence-electron chi connectivity index (χ2n) is 5.06. The summed E-state index contributed by atoms with van der Waals surface area (Å²) >= 11 is 0. The van der Waals surface area contributed by atoms with E-state index in [9.17, 15) is 9.59 Å². The third-order valence-corrected chi connectivity index (χ3v) is 2.79.